The van der Waals surface area contributed by atoms with Crippen molar-refractivity contribution in [2.24, 2.45) is 17.8 Å². The van der Waals surface area contributed by atoms with Crippen molar-refractivity contribution in [2.45, 2.75) is 66.8 Å². The van der Waals surface area contributed by atoms with Gasteiger partial charge in [-0.05, 0) is 117 Å². The Hall–Kier alpha value is -3.99. The molecule has 0 aromatic heterocycles. The zero-order valence-electron chi connectivity index (χ0n) is 29.9. The average Bonchev–Trinajstić information content (AvgIpc) is 3.57. The lowest BCUT2D eigenvalue weighted by molar-refractivity contribution is -0.120. The predicted molar refractivity (Wildman–Crippen MR) is 201 cm³/mol. The number of sulfone groups is 1. The molecule has 10 heteroatoms. The van der Waals surface area contributed by atoms with Crippen LogP contribution in [0, 0.1) is 17.8 Å². The molecule has 0 bridgehead atoms. The van der Waals surface area contributed by atoms with E-state index in [0.717, 1.165) is 64.0 Å². The van der Waals surface area contributed by atoms with Gasteiger partial charge < -0.3 is 25.3 Å². The van der Waals surface area contributed by atoms with Crippen LogP contribution in [0.5, 0.6) is 0 Å². The number of hydrogen-bond donors (Lipinski definition) is 2. The number of anilines is 2. The number of piperidine rings is 1. The van der Waals surface area contributed by atoms with Gasteiger partial charge in [0.15, 0.2) is 0 Å². The molecule has 2 N–H and O–H groups in total. The number of carbonyl (C=O) groups is 2. The fourth-order valence-corrected chi connectivity index (χ4v) is 11.1. The zero-order chi connectivity index (χ0) is 35.8. The molecule has 4 aliphatic rings. The van der Waals surface area contributed by atoms with Gasteiger partial charge in [0.05, 0.1) is 9.79 Å². The lowest BCUT2D eigenvalue weighted by atomic mass is 9.56. The largest absolute Gasteiger partial charge is 0.371 e. The first-order valence-electron chi connectivity index (χ1n) is 18.5. The molecule has 3 fully saturated rings. The van der Waals surface area contributed by atoms with Crippen molar-refractivity contribution in [3.8, 4) is 0 Å². The second-order valence-electron chi connectivity index (χ2n) is 15.3. The quantitative estimate of drug-likeness (QED) is 0.269. The first-order chi connectivity index (χ1) is 24.6. The Morgan fingerprint density at radius 2 is 1.69 bits per heavy atom. The number of nitrogens with zero attached hydrogens (tertiary/aromatic N) is 3. The van der Waals surface area contributed by atoms with Crippen LogP contribution in [0.1, 0.15) is 50.2 Å². The van der Waals surface area contributed by atoms with Gasteiger partial charge in [0.2, 0.25) is 21.7 Å². The summed E-state index contributed by atoms with van der Waals surface area (Å²) in [6.07, 6.45) is 6.89. The lowest BCUT2D eigenvalue weighted by Gasteiger charge is -2.55. The van der Waals surface area contributed by atoms with Crippen molar-refractivity contribution in [2.75, 3.05) is 56.5 Å². The van der Waals surface area contributed by atoms with Crippen LogP contribution in [0.15, 0.2) is 95.2 Å². The summed E-state index contributed by atoms with van der Waals surface area (Å²) in [6.45, 7) is 12.3. The maximum atomic E-state index is 13.4. The van der Waals surface area contributed by atoms with Gasteiger partial charge in [-0.1, -0.05) is 43.3 Å². The molecule has 3 atom stereocenters. The van der Waals surface area contributed by atoms with E-state index in [1.807, 2.05) is 12.1 Å². The first-order valence-corrected chi connectivity index (χ1v) is 19.9. The third-order valence-corrected chi connectivity index (χ3v) is 13.7. The highest BCUT2D eigenvalue weighted by Crippen LogP contribution is 2.53. The van der Waals surface area contributed by atoms with E-state index >= 15 is 0 Å². The summed E-state index contributed by atoms with van der Waals surface area (Å²) in [5.74, 6) is 1.28. The van der Waals surface area contributed by atoms with Crippen LogP contribution in [0.2, 0.25) is 0 Å². The highest BCUT2D eigenvalue weighted by atomic mass is 32.2. The van der Waals surface area contributed by atoms with Crippen LogP contribution in [0.3, 0.4) is 0 Å². The number of nitrogens with one attached hydrogen (secondary N) is 2. The van der Waals surface area contributed by atoms with E-state index in [0.29, 0.717) is 23.4 Å². The monoisotopic (exact) mass is 709 g/mol. The number of carbonyl (C=O) groups excluding carboxylic acids is 2. The van der Waals surface area contributed by atoms with Gasteiger partial charge in [0, 0.05) is 68.4 Å². The van der Waals surface area contributed by atoms with Gasteiger partial charge in [-0.3, -0.25) is 9.59 Å². The fourth-order valence-electron chi connectivity index (χ4n) is 9.77. The third-order valence-electron chi connectivity index (χ3n) is 12.0. The SMILES string of the molecule is C=CC(=O)Nc1cccc(S(=O)(=O)c2ccc(N3CC(CN4CCC([C@@]5([C@H]6CCC[C@@H]6NC(C)=O)CN(C)Cc6ccccc65)CC4)C3)cc2)c1. The summed E-state index contributed by atoms with van der Waals surface area (Å²) in [4.78, 5) is 31.9. The number of benzene rings is 3. The topological polar surface area (TPSA) is 102 Å². The van der Waals surface area contributed by atoms with Crippen molar-refractivity contribution >= 4 is 33.0 Å². The van der Waals surface area contributed by atoms with Crippen LogP contribution in [0.25, 0.3) is 0 Å². The zero-order valence-corrected chi connectivity index (χ0v) is 30.7. The molecule has 0 unspecified atom stereocenters. The van der Waals surface area contributed by atoms with E-state index < -0.39 is 15.7 Å². The first kappa shape index (κ1) is 35.4. The highest BCUT2D eigenvalue weighted by molar-refractivity contribution is 7.91. The van der Waals surface area contributed by atoms with Gasteiger partial charge in [-0.25, -0.2) is 8.42 Å². The minimum Gasteiger partial charge on any atom is -0.371 e. The molecule has 2 amide bonds. The summed E-state index contributed by atoms with van der Waals surface area (Å²) in [5.41, 5.74) is 4.46. The van der Waals surface area contributed by atoms with Crippen LogP contribution in [-0.2, 0) is 31.4 Å². The number of hydrogen-bond acceptors (Lipinski definition) is 7. The van der Waals surface area contributed by atoms with Crippen molar-refractivity contribution < 1.29 is 18.0 Å². The minimum atomic E-state index is -3.74. The Morgan fingerprint density at radius 1 is 0.941 bits per heavy atom. The molecule has 0 spiro atoms. The molecular weight excluding hydrogens is 659 g/mol. The van der Waals surface area contributed by atoms with E-state index in [1.165, 1.54) is 42.9 Å². The van der Waals surface area contributed by atoms with Gasteiger partial charge in [0.1, 0.15) is 0 Å². The van der Waals surface area contributed by atoms with Crippen LogP contribution < -0.4 is 15.5 Å². The number of likely N-dealkylation sites (N-methyl/N-ethyl adjacent to an activating group) is 1. The maximum Gasteiger partial charge on any atom is 0.247 e. The number of likely N-dealkylation sites (tertiary alicyclic amines) is 1. The summed E-state index contributed by atoms with van der Waals surface area (Å²) < 4.78 is 26.7. The summed E-state index contributed by atoms with van der Waals surface area (Å²) in [5, 5.41) is 6.00. The molecule has 0 radical (unpaired) electrons. The predicted octanol–water partition coefficient (Wildman–Crippen LogP) is 5.48. The normalized spacial score (nSPS) is 24.8. The van der Waals surface area contributed by atoms with Gasteiger partial charge in [-0.2, -0.15) is 0 Å². The molecule has 3 heterocycles. The second-order valence-corrected chi connectivity index (χ2v) is 17.2. The second kappa shape index (κ2) is 14.6. The van der Waals surface area contributed by atoms with Gasteiger partial charge in [-0.15, -0.1) is 0 Å². The van der Waals surface area contributed by atoms with E-state index in [2.05, 4.69) is 63.2 Å². The van der Waals surface area contributed by atoms with E-state index in [-0.39, 0.29) is 27.2 Å². The number of amides is 2. The molecule has 1 aliphatic carbocycles. The summed E-state index contributed by atoms with van der Waals surface area (Å²) in [6, 6.07) is 22.8. The Morgan fingerprint density at radius 3 is 2.41 bits per heavy atom. The summed E-state index contributed by atoms with van der Waals surface area (Å²) in [7, 11) is -1.47. The molecule has 7 rings (SSSR count). The van der Waals surface area contributed by atoms with Crippen molar-refractivity contribution in [1.29, 1.82) is 0 Å². The van der Waals surface area contributed by atoms with E-state index in [9.17, 15) is 18.0 Å². The molecule has 3 aromatic carbocycles. The van der Waals surface area contributed by atoms with Crippen LogP contribution in [0.4, 0.5) is 11.4 Å². The van der Waals surface area contributed by atoms with Crippen molar-refractivity contribution in [3.63, 3.8) is 0 Å². The average molecular weight is 710 g/mol. The van der Waals surface area contributed by atoms with Crippen molar-refractivity contribution in [3.05, 3.63) is 96.6 Å². The standard InChI is InChI=1S/C41H51N5O4S/c1-4-40(48)43-33-10-7-11-36(23-33)51(49,50)35-17-15-34(16-18-35)46-25-30(26-46)24-45-21-19-32(20-22-45)41(38-13-8-14-39(38)42-29(2)47)28-44(3)27-31-9-5-6-12-37(31)41/h4-7,9-12,15-18,23,30,32,38-39H,1,8,13-14,19-22,24-28H2,2-3H3,(H,42,47)(H,43,48)/t38-,39-,41-/m0/s1. The molecule has 270 valence electrons. The highest BCUT2D eigenvalue weighted by Gasteiger charge is 2.54. The Balaban J connectivity index is 0.973. The van der Waals surface area contributed by atoms with Gasteiger partial charge >= 0.3 is 0 Å². The van der Waals surface area contributed by atoms with Gasteiger partial charge in [0.25, 0.3) is 0 Å². The minimum absolute atomic E-state index is 0.0381. The Kier molecular flexibility index (Phi) is 10.1. The molecule has 9 nitrogen and oxygen atoms in total. The number of fused-ring (bicyclic) bond motifs is 1. The summed E-state index contributed by atoms with van der Waals surface area (Å²) >= 11 is 0. The molecular formula is C41H51N5O4S. The number of rotatable bonds is 10. The lowest BCUT2D eigenvalue weighted by Crippen LogP contribution is -2.59. The fraction of sp³-hybridized carbons (Fsp3) is 0.463. The van der Waals surface area contributed by atoms with Crippen LogP contribution in [-0.4, -0.2) is 82.4 Å². The van der Waals surface area contributed by atoms with Crippen molar-refractivity contribution in [1.82, 2.24) is 15.1 Å². The van der Waals surface area contributed by atoms with E-state index in [1.54, 1.807) is 37.3 Å². The Bertz CT molecular complexity index is 1870. The third kappa shape index (κ3) is 7.10. The van der Waals surface area contributed by atoms with E-state index in [4.69, 9.17) is 0 Å². The molecule has 3 aliphatic heterocycles. The molecule has 51 heavy (non-hydrogen) atoms. The molecule has 1 saturated carbocycles. The molecule has 3 aromatic rings. The van der Waals surface area contributed by atoms with Crippen LogP contribution >= 0.6 is 0 Å². The smallest absolute Gasteiger partial charge is 0.247 e. The maximum absolute atomic E-state index is 13.4. The Labute approximate surface area is 303 Å². The molecule has 2 saturated heterocycles.